The van der Waals surface area contributed by atoms with E-state index in [0.717, 1.165) is 0 Å². The Bertz CT molecular complexity index is 849. The summed E-state index contributed by atoms with van der Waals surface area (Å²) in [5.74, 6) is -3.92. The van der Waals surface area contributed by atoms with Gasteiger partial charge in [0.2, 0.25) is 0 Å². The molecule has 1 fully saturated rings. The summed E-state index contributed by atoms with van der Waals surface area (Å²) in [4.78, 5) is 1.59. The molecule has 0 aromatic heterocycles. The summed E-state index contributed by atoms with van der Waals surface area (Å²) in [7, 11) is 3.72. The largest absolute Gasteiger partial charge is 0.295 e. The number of hydrogen-bond donors (Lipinski definition) is 1. The normalized spacial score (nSPS) is 22.7. The SMILES string of the molecule is CCSNC1C(Cc2cccc(-c3cccc(C(F)P)c3)c2F)N(C)CC1(F)F. The van der Waals surface area contributed by atoms with Crippen LogP contribution in [0.3, 0.4) is 0 Å². The third-order valence-electron chi connectivity index (χ3n) is 5.24. The van der Waals surface area contributed by atoms with Crippen LogP contribution in [0.2, 0.25) is 0 Å². The van der Waals surface area contributed by atoms with Crippen molar-refractivity contribution >= 4 is 21.2 Å². The van der Waals surface area contributed by atoms with Gasteiger partial charge in [-0.05, 0) is 36.2 Å². The highest BCUT2D eigenvalue weighted by molar-refractivity contribution is 7.97. The first-order valence-corrected chi connectivity index (χ1v) is 11.1. The molecule has 1 heterocycles. The van der Waals surface area contributed by atoms with Crippen molar-refractivity contribution in [2.24, 2.45) is 0 Å². The van der Waals surface area contributed by atoms with E-state index in [9.17, 15) is 13.2 Å². The van der Waals surface area contributed by atoms with Gasteiger partial charge in [-0.15, -0.1) is 0 Å². The lowest BCUT2D eigenvalue weighted by Gasteiger charge is -2.26. The second-order valence-electron chi connectivity index (χ2n) is 7.28. The number of rotatable bonds is 7. The standard InChI is InChI=1S/C21H25F4N2PS/c1-3-29-26-19-17(27(2)12-21(19,24)25)11-14-7-5-9-16(18(14)22)13-6-4-8-15(10-13)20(23)28/h4-10,17,19-20,26H,3,11-12,28H2,1-2H3. The molecule has 0 bridgehead atoms. The van der Waals surface area contributed by atoms with E-state index in [1.54, 1.807) is 54.4 Å². The molecular formula is C21H25F4N2PS. The van der Waals surface area contributed by atoms with Gasteiger partial charge in [0.1, 0.15) is 11.7 Å². The van der Waals surface area contributed by atoms with Gasteiger partial charge in [0, 0.05) is 17.4 Å². The molecule has 0 spiro atoms. The van der Waals surface area contributed by atoms with Gasteiger partial charge in [0.05, 0.1) is 12.6 Å². The van der Waals surface area contributed by atoms with E-state index < -0.39 is 29.7 Å². The highest BCUT2D eigenvalue weighted by Crippen LogP contribution is 2.36. The van der Waals surface area contributed by atoms with Crippen LogP contribution in [0.15, 0.2) is 42.5 Å². The predicted molar refractivity (Wildman–Crippen MR) is 116 cm³/mol. The van der Waals surface area contributed by atoms with Crippen LogP contribution in [0.4, 0.5) is 17.6 Å². The molecule has 1 aliphatic heterocycles. The van der Waals surface area contributed by atoms with E-state index in [1.165, 1.54) is 11.9 Å². The zero-order chi connectivity index (χ0) is 21.2. The summed E-state index contributed by atoms with van der Waals surface area (Å²) in [5, 5.41) is 0. The molecular weight excluding hydrogens is 419 g/mol. The van der Waals surface area contributed by atoms with Crippen molar-refractivity contribution in [2.45, 2.75) is 37.3 Å². The van der Waals surface area contributed by atoms with Crippen molar-refractivity contribution in [3.8, 4) is 11.1 Å². The number of hydrogen-bond acceptors (Lipinski definition) is 3. The maximum atomic E-state index is 15.3. The molecule has 29 heavy (non-hydrogen) atoms. The van der Waals surface area contributed by atoms with E-state index in [2.05, 4.69) is 14.0 Å². The summed E-state index contributed by atoms with van der Waals surface area (Å²) in [6.07, 6.45) is 0.156. The van der Waals surface area contributed by atoms with Crippen LogP contribution in [0.25, 0.3) is 11.1 Å². The number of likely N-dealkylation sites (tertiary alicyclic amines) is 1. The van der Waals surface area contributed by atoms with Crippen molar-refractivity contribution in [3.63, 3.8) is 0 Å². The van der Waals surface area contributed by atoms with Crippen molar-refractivity contribution in [3.05, 3.63) is 59.4 Å². The quantitative estimate of drug-likeness (QED) is 0.347. The molecule has 2 aromatic carbocycles. The van der Waals surface area contributed by atoms with Gasteiger partial charge < -0.3 is 0 Å². The highest BCUT2D eigenvalue weighted by Gasteiger charge is 2.53. The van der Waals surface area contributed by atoms with Crippen molar-refractivity contribution in [2.75, 3.05) is 19.3 Å². The molecule has 0 saturated carbocycles. The Balaban J connectivity index is 1.90. The van der Waals surface area contributed by atoms with Crippen LogP contribution >= 0.6 is 21.2 Å². The summed E-state index contributed by atoms with van der Waals surface area (Å²) in [6.45, 7) is 1.52. The lowest BCUT2D eigenvalue weighted by molar-refractivity contribution is -0.00425. The molecule has 1 aliphatic rings. The van der Waals surface area contributed by atoms with Crippen LogP contribution in [-0.2, 0) is 6.42 Å². The number of likely N-dealkylation sites (N-methyl/N-ethyl adjacent to an activating group) is 1. The summed E-state index contributed by atoms with van der Waals surface area (Å²) in [6, 6.07) is 10.0. The van der Waals surface area contributed by atoms with E-state index in [4.69, 9.17) is 0 Å². The molecule has 1 N–H and O–H groups in total. The topological polar surface area (TPSA) is 15.3 Å². The second-order valence-corrected chi connectivity index (χ2v) is 8.97. The molecule has 4 unspecified atom stereocenters. The predicted octanol–water partition coefficient (Wildman–Crippen LogP) is 5.45. The number of alkyl halides is 3. The fourth-order valence-electron chi connectivity index (χ4n) is 3.76. The molecule has 2 nitrogen and oxygen atoms in total. The van der Waals surface area contributed by atoms with Crippen LogP contribution in [0.5, 0.6) is 0 Å². The van der Waals surface area contributed by atoms with E-state index in [0.29, 0.717) is 28.0 Å². The number of benzene rings is 2. The van der Waals surface area contributed by atoms with E-state index >= 15 is 4.39 Å². The zero-order valence-corrected chi connectivity index (χ0v) is 18.3. The first kappa shape index (κ1) is 22.5. The monoisotopic (exact) mass is 444 g/mol. The fourth-order valence-corrected chi connectivity index (χ4v) is 4.64. The van der Waals surface area contributed by atoms with Gasteiger partial charge in [-0.25, -0.2) is 17.6 Å². The zero-order valence-electron chi connectivity index (χ0n) is 16.3. The maximum Gasteiger partial charge on any atom is 0.277 e. The Hall–Kier alpha value is -1.14. The third kappa shape index (κ3) is 4.96. The van der Waals surface area contributed by atoms with Crippen LogP contribution in [-0.4, -0.2) is 42.3 Å². The lowest BCUT2D eigenvalue weighted by atomic mass is 9.95. The molecule has 4 atom stereocenters. The molecule has 0 amide bonds. The molecule has 158 valence electrons. The van der Waals surface area contributed by atoms with Gasteiger partial charge in [-0.3, -0.25) is 9.62 Å². The molecule has 2 aromatic rings. The first-order valence-electron chi connectivity index (χ1n) is 9.47. The van der Waals surface area contributed by atoms with Gasteiger partial charge in [0.25, 0.3) is 5.92 Å². The average Bonchev–Trinajstić information content (AvgIpc) is 2.89. The van der Waals surface area contributed by atoms with Crippen molar-refractivity contribution in [1.29, 1.82) is 0 Å². The third-order valence-corrected chi connectivity index (χ3v) is 6.34. The molecule has 8 heteroatoms. The Morgan fingerprint density at radius 3 is 2.69 bits per heavy atom. The lowest BCUT2D eigenvalue weighted by Crippen LogP contribution is -2.46. The molecule has 0 aliphatic carbocycles. The number of nitrogens with zero attached hydrogens (tertiary/aromatic N) is 1. The summed E-state index contributed by atoms with van der Waals surface area (Å²) in [5.41, 5.74) is 1.72. The van der Waals surface area contributed by atoms with Gasteiger partial charge in [-0.2, -0.15) is 0 Å². The Morgan fingerprint density at radius 2 is 2.00 bits per heavy atom. The average molecular weight is 444 g/mol. The smallest absolute Gasteiger partial charge is 0.277 e. The minimum Gasteiger partial charge on any atom is -0.295 e. The molecule has 0 radical (unpaired) electrons. The van der Waals surface area contributed by atoms with Crippen molar-refractivity contribution in [1.82, 2.24) is 9.62 Å². The van der Waals surface area contributed by atoms with Gasteiger partial charge in [0.15, 0.2) is 0 Å². The fraction of sp³-hybridized carbons (Fsp3) is 0.429. The summed E-state index contributed by atoms with van der Waals surface area (Å²) < 4.78 is 60.7. The highest BCUT2D eigenvalue weighted by atomic mass is 32.2. The van der Waals surface area contributed by atoms with Crippen LogP contribution in [0, 0.1) is 5.82 Å². The Kier molecular flexibility index (Phi) is 7.26. The Morgan fingerprint density at radius 1 is 1.28 bits per heavy atom. The number of nitrogens with one attached hydrogen (secondary N) is 1. The van der Waals surface area contributed by atoms with Crippen molar-refractivity contribution < 1.29 is 17.6 Å². The van der Waals surface area contributed by atoms with Crippen LogP contribution in [0.1, 0.15) is 24.0 Å². The minimum atomic E-state index is -2.89. The maximum absolute atomic E-state index is 15.3. The van der Waals surface area contributed by atoms with Gasteiger partial charge in [-0.1, -0.05) is 64.5 Å². The van der Waals surface area contributed by atoms with Gasteiger partial charge >= 0.3 is 0 Å². The summed E-state index contributed by atoms with van der Waals surface area (Å²) >= 11 is 1.24. The minimum absolute atomic E-state index is 0.156. The Labute approximate surface area is 175 Å². The first-order chi connectivity index (χ1) is 13.7. The molecule has 1 saturated heterocycles. The van der Waals surface area contributed by atoms with Crippen LogP contribution < -0.4 is 4.72 Å². The van der Waals surface area contributed by atoms with E-state index in [-0.39, 0.29) is 13.0 Å². The number of halogens is 4. The van der Waals surface area contributed by atoms with E-state index in [1.807, 2.05) is 6.92 Å². The second kappa shape index (κ2) is 9.34. The molecule has 3 rings (SSSR count).